The fourth-order valence-electron chi connectivity index (χ4n) is 5.18. The predicted molar refractivity (Wildman–Crippen MR) is 124 cm³/mol. The van der Waals surface area contributed by atoms with Gasteiger partial charge in [-0.15, -0.1) is 5.10 Å². The van der Waals surface area contributed by atoms with E-state index >= 15 is 0 Å². The first-order chi connectivity index (χ1) is 15.6. The van der Waals surface area contributed by atoms with Crippen molar-refractivity contribution in [2.24, 2.45) is 5.92 Å². The Morgan fingerprint density at radius 2 is 1.59 bits per heavy atom. The molecule has 0 spiro atoms. The van der Waals surface area contributed by atoms with Gasteiger partial charge in [0.2, 0.25) is 5.91 Å². The molecule has 1 aromatic carbocycles. The third-order valence-electron chi connectivity index (χ3n) is 7.21. The number of ketones is 1. The van der Waals surface area contributed by atoms with Crippen LogP contribution in [0, 0.1) is 5.92 Å². The van der Waals surface area contributed by atoms with Gasteiger partial charge in [0.1, 0.15) is 0 Å². The van der Waals surface area contributed by atoms with Gasteiger partial charge >= 0.3 is 0 Å². The molecule has 3 aliphatic rings. The Kier molecular flexibility index (Phi) is 5.81. The monoisotopic (exact) mass is 433 g/mol. The second-order valence-corrected chi connectivity index (χ2v) is 9.20. The van der Waals surface area contributed by atoms with E-state index < -0.39 is 0 Å². The van der Waals surface area contributed by atoms with Crippen molar-refractivity contribution in [2.75, 3.05) is 49.1 Å². The maximum atomic E-state index is 13.1. The highest BCUT2D eigenvalue weighted by Gasteiger charge is 2.31. The fraction of sp³-hybridized carbons (Fsp3) is 0.520. The SMILES string of the molecule is CC(=O)c1ccc(N2CCN(C(=O)C3CCN(c4cc5c(nn4)CCC5)CC3)CC2)cc1. The normalized spacial score (nSPS) is 19.2. The Balaban J connectivity index is 1.12. The third-order valence-corrected chi connectivity index (χ3v) is 7.21. The minimum Gasteiger partial charge on any atom is -0.368 e. The summed E-state index contributed by atoms with van der Waals surface area (Å²) in [4.78, 5) is 31.2. The number of hydrogen-bond donors (Lipinski definition) is 0. The number of hydrogen-bond acceptors (Lipinski definition) is 6. The number of fused-ring (bicyclic) bond motifs is 1. The molecule has 1 aliphatic carbocycles. The zero-order valence-electron chi connectivity index (χ0n) is 18.8. The highest BCUT2D eigenvalue weighted by molar-refractivity contribution is 5.94. The summed E-state index contributed by atoms with van der Waals surface area (Å²) >= 11 is 0. The summed E-state index contributed by atoms with van der Waals surface area (Å²) < 4.78 is 0. The molecule has 7 nitrogen and oxygen atoms in total. The van der Waals surface area contributed by atoms with E-state index in [-0.39, 0.29) is 11.7 Å². The van der Waals surface area contributed by atoms with Crippen molar-refractivity contribution in [1.82, 2.24) is 15.1 Å². The number of piperidine rings is 1. The van der Waals surface area contributed by atoms with Crippen molar-refractivity contribution in [3.05, 3.63) is 47.2 Å². The van der Waals surface area contributed by atoms with Crippen LogP contribution in [0.15, 0.2) is 30.3 Å². The van der Waals surface area contributed by atoms with Crippen LogP contribution in [0.25, 0.3) is 0 Å². The van der Waals surface area contributed by atoms with Crippen LogP contribution < -0.4 is 9.80 Å². The van der Waals surface area contributed by atoms with Crippen LogP contribution in [0.3, 0.4) is 0 Å². The summed E-state index contributed by atoms with van der Waals surface area (Å²) in [5.41, 5.74) is 4.36. The van der Waals surface area contributed by atoms with Gasteiger partial charge in [-0.25, -0.2) is 0 Å². The van der Waals surface area contributed by atoms with Crippen LogP contribution in [0.1, 0.15) is 47.8 Å². The second-order valence-electron chi connectivity index (χ2n) is 9.20. The van der Waals surface area contributed by atoms with Crippen molar-refractivity contribution in [1.29, 1.82) is 0 Å². The molecule has 2 fully saturated rings. The minimum atomic E-state index is 0.0845. The second kappa shape index (κ2) is 8.88. The zero-order chi connectivity index (χ0) is 22.1. The smallest absolute Gasteiger partial charge is 0.225 e. The first kappa shape index (κ1) is 20.9. The Bertz CT molecular complexity index is 990. The van der Waals surface area contributed by atoms with Crippen LogP contribution in [0.2, 0.25) is 0 Å². The van der Waals surface area contributed by atoms with Gasteiger partial charge in [0.15, 0.2) is 11.6 Å². The topological polar surface area (TPSA) is 69.6 Å². The van der Waals surface area contributed by atoms with Crippen molar-refractivity contribution >= 4 is 23.2 Å². The Hall–Kier alpha value is -2.96. The van der Waals surface area contributed by atoms with Gasteiger partial charge in [-0.2, -0.15) is 5.10 Å². The van der Waals surface area contributed by atoms with Crippen LogP contribution >= 0.6 is 0 Å². The summed E-state index contributed by atoms with van der Waals surface area (Å²) in [5, 5.41) is 8.86. The van der Waals surface area contributed by atoms with Crippen LogP contribution in [0.4, 0.5) is 11.5 Å². The van der Waals surface area contributed by atoms with Crippen molar-refractivity contribution < 1.29 is 9.59 Å². The number of nitrogens with zero attached hydrogens (tertiary/aromatic N) is 5. The van der Waals surface area contributed by atoms with E-state index in [1.807, 2.05) is 29.2 Å². The number of carbonyl (C=O) groups excluding carboxylic acids is 2. The van der Waals surface area contributed by atoms with Gasteiger partial charge in [-0.1, -0.05) is 0 Å². The fourth-order valence-corrected chi connectivity index (χ4v) is 5.18. The highest BCUT2D eigenvalue weighted by atomic mass is 16.2. The molecular formula is C25H31N5O2. The summed E-state index contributed by atoms with van der Waals surface area (Å²) in [6.45, 7) is 6.48. The Morgan fingerprint density at radius 3 is 2.28 bits per heavy atom. The van der Waals surface area contributed by atoms with Gasteiger partial charge in [0.25, 0.3) is 0 Å². The van der Waals surface area contributed by atoms with Gasteiger partial charge < -0.3 is 14.7 Å². The van der Waals surface area contributed by atoms with Crippen molar-refractivity contribution in [3.63, 3.8) is 0 Å². The lowest BCUT2D eigenvalue weighted by molar-refractivity contribution is -0.136. The molecule has 168 valence electrons. The zero-order valence-corrected chi connectivity index (χ0v) is 18.8. The molecule has 0 unspecified atom stereocenters. The maximum absolute atomic E-state index is 13.1. The standard InChI is InChI=1S/C25H31N5O2/c1-18(31)19-5-7-22(8-6-19)28-13-15-30(16-14-28)25(32)20-9-11-29(12-10-20)24-17-21-3-2-4-23(21)26-27-24/h5-8,17,20H,2-4,9-16H2,1H3. The number of rotatable bonds is 4. The average Bonchev–Trinajstić information content (AvgIpc) is 3.32. The largest absolute Gasteiger partial charge is 0.368 e. The molecule has 0 N–H and O–H groups in total. The number of anilines is 2. The maximum Gasteiger partial charge on any atom is 0.225 e. The summed E-state index contributed by atoms with van der Waals surface area (Å²) in [6.07, 6.45) is 5.10. The molecule has 3 heterocycles. The summed E-state index contributed by atoms with van der Waals surface area (Å²) in [7, 11) is 0. The summed E-state index contributed by atoms with van der Waals surface area (Å²) in [6, 6.07) is 9.99. The van der Waals surface area contributed by atoms with Gasteiger partial charge in [0.05, 0.1) is 5.69 Å². The van der Waals surface area contributed by atoms with E-state index in [1.54, 1.807) is 6.92 Å². The third kappa shape index (κ3) is 4.20. The number of Topliss-reactive ketones (excluding diaryl/α,β-unsaturated/α-hetero) is 1. The molecule has 2 aliphatic heterocycles. The Morgan fingerprint density at radius 1 is 0.875 bits per heavy atom. The molecule has 0 radical (unpaired) electrons. The number of aryl methyl sites for hydroxylation is 2. The number of amides is 1. The lowest BCUT2D eigenvalue weighted by atomic mass is 9.95. The molecule has 0 bridgehead atoms. The molecule has 32 heavy (non-hydrogen) atoms. The van der Waals surface area contributed by atoms with Crippen LogP contribution in [-0.2, 0) is 17.6 Å². The molecule has 2 aromatic rings. The molecular weight excluding hydrogens is 402 g/mol. The number of piperazine rings is 1. The molecule has 5 rings (SSSR count). The molecule has 0 atom stereocenters. The molecule has 2 saturated heterocycles. The van der Waals surface area contributed by atoms with Crippen molar-refractivity contribution in [2.45, 2.75) is 39.0 Å². The molecule has 7 heteroatoms. The van der Waals surface area contributed by atoms with E-state index in [0.29, 0.717) is 5.91 Å². The van der Waals surface area contributed by atoms with Crippen LogP contribution in [-0.4, -0.2) is 66.1 Å². The van der Waals surface area contributed by atoms with Crippen LogP contribution in [0.5, 0.6) is 0 Å². The van der Waals surface area contributed by atoms with E-state index in [1.165, 1.54) is 12.0 Å². The molecule has 1 amide bonds. The van der Waals surface area contributed by atoms with Gasteiger partial charge in [-0.3, -0.25) is 9.59 Å². The quantitative estimate of drug-likeness (QED) is 0.691. The Labute approximate surface area is 189 Å². The average molecular weight is 434 g/mol. The number of carbonyl (C=O) groups is 2. The number of benzene rings is 1. The molecule has 0 saturated carbocycles. The minimum absolute atomic E-state index is 0.0845. The lowest BCUT2D eigenvalue weighted by Gasteiger charge is -2.39. The number of aromatic nitrogens is 2. The van der Waals surface area contributed by atoms with Gasteiger partial charge in [0, 0.05) is 56.4 Å². The van der Waals surface area contributed by atoms with E-state index in [9.17, 15) is 9.59 Å². The van der Waals surface area contributed by atoms with Crippen molar-refractivity contribution in [3.8, 4) is 0 Å². The van der Waals surface area contributed by atoms with E-state index in [2.05, 4.69) is 26.1 Å². The molecule has 1 aromatic heterocycles. The van der Waals surface area contributed by atoms with E-state index in [4.69, 9.17) is 0 Å². The summed E-state index contributed by atoms with van der Waals surface area (Å²) in [5.74, 6) is 1.47. The van der Waals surface area contributed by atoms with Gasteiger partial charge in [-0.05, 0) is 74.9 Å². The highest BCUT2D eigenvalue weighted by Crippen LogP contribution is 2.27. The first-order valence-corrected chi connectivity index (χ1v) is 11.8. The first-order valence-electron chi connectivity index (χ1n) is 11.8. The lowest BCUT2D eigenvalue weighted by Crippen LogP contribution is -2.51. The van der Waals surface area contributed by atoms with E-state index in [0.717, 1.165) is 87.7 Å². The predicted octanol–water partition coefficient (Wildman–Crippen LogP) is 2.73.